The van der Waals surface area contributed by atoms with Crippen LogP contribution in [-0.4, -0.2) is 41.9 Å². The summed E-state index contributed by atoms with van der Waals surface area (Å²) in [6.45, 7) is 4.26. The van der Waals surface area contributed by atoms with Gasteiger partial charge in [-0.3, -0.25) is 14.9 Å². The van der Waals surface area contributed by atoms with Crippen LogP contribution < -0.4 is 4.90 Å². The quantitative estimate of drug-likeness (QED) is 0.468. The van der Waals surface area contributed by atoms with E-state index in [1.54, 1.807) is 18.2 Å². The van der Waals surface area contributed by atoms with Gasteiger partial charge in [0.2, 0.25) is 0 Å². The molecule has 1 fully saturated rings. The molecule has 0 saturated carbocycles. The molecule has 4 rings (SSSR count). The van der Waals surface area contributed by atoms with Crippen LogP contribution in [0.15, 0.2) is 60.0 Å². The summed E-state index contributed by atoms with van der Waals surface area (Å²) in [6, 6.07) is 16.9. The molecular weight excluding hydrogens is 386 g/mol. The van der Waals surface area contributed by atoms with Crippen molar-refractivity contribution in [3.63, 3.8) is 0 Å². The van der Waals surface area contributed by atoms with Crippen LogP contribution in [0.25, 0.3) is 11.1 Å². The molecule has 0 aliphatic carbocycles. The highest BCUT2D eigenvalue weighted by Gasteiger charge is 2.27. The summed E-state index contributed by atoms with van der Waals surface area (Å²) in [5.74, 6) is 0.0257. The zero-order chi connectivity index (χ0) is 20.4. The van der Waals surface area contributed by atoms with Gasteiger partial charge in [0.15, 0.2) is 0 Å². The van der Waals surface area contributed by atoms with Crippen molar-refractivity contribution in [1.29, 1.82) is 0 Å². The Morgan fingerprint density at radius 2 is 1.69 bits per heavy atom. The first kappa shape index (κ1) is 19.1. The van der Waals surface area contributed by atoms with Crippen molar-refractivity contribution >= 4 is 28.6 Å². The number of benzene rings is 2. The van der Waals surface area contributed by atoms with Gasteiger partial charge in [-0.25, -0.2) is 0 Å². The minimum atomic E-state index is -0.355. The molecule has 6 nitrogen and oxygen atoms in total. The zero-order valence-corrected chi connectivity index (χ0v) is 16.9. The van der Waals surface area contributed by atoms with E-state index in [-0.39, 0.29) is 16.5 Å². The number of carbonyl (C=O) groups excluding carboxylic acids is 1. The molecule has 29 heavy (non-hydrogen) atoms. The summed E-state index contributed by atoms with van der Waals surface area (Å²) in [4.78, 5) is 28.7. The number of nitro groups is 1. The third-order valence-corrected chi connectivity index (χ3v) is 6.11. The van der Waals surface area contributed by atoms with E-state index in [9.17, 15) is 14.9 Å². The average Bonchev–Trinajstić information content (AvgIpc) is 3.24. The molecule has 1 saturated heterocycles. The molecule has 0 bridgehead atoms. The molecule has 0 atom stereocenters. The van der Waals surface area contributed by atoms with Gasteiger partial charge in [-0.2, -0.15) is 0 Å². The standard InChI is InChI=1S/C22H21N3O3S/c1-16-6-8-17(9-7-16)18-10-15-29-21(18)22(26)24-13-11-23(12-14-24)19-4-2-3-5-20(19)25(27)28/h2-10,15H,11-14H2,1H3. The second kappa shape index (κ2) is 8.05. The van der Waals surface area contributed by atoms with E-state index in [4.69, 9.17) is 0 Å². The zero-order valence-electron chi connectivity index (χ0n) is 16.1. The van der Waals surface area contributed by atoms with Crippen LogP contribution in [0.1, 0.15) is 15.2 Å². The Morgan fingerprint density at radius 3 is 2.38 bits per heavy atom. The van der Waals surface area contributed by atoms with E-state index in [2.05, 4.69) is 0 Å². The first-order valence-electron chi connectivity index (χ1n) is 9.47. The Labute approximate surface area is 173 Å². The minimum absolute atomic E-state index is 0.0257. The molecule has 0 N–H and O–H groups in total. The number of rotatable bonds is 4. The summed E-state index contributed by atoms with van der Waals surface area (Å²) < 4.78 is 0. The van der Waals surface area contributed by atoms with Crippen LogP contribution in [0.2, 0.25) is 0 Å². The number of carbonyl (C=O) groups is 1. The van der Waals surface area contributed by atoms with Crippen molar-refractivity contribution in [2.45, 2.75) is 6.92 Å². The minimum Gasteiger partial charge on any atom is -0.362 e. The molecule has 1 aromatic heterocycles. The Kier molecular flexibility index (Phi) is 5.31. The van der Waals surface area contributed by atoms with E-state index >= 15 is 0 Å². The summed E-state index contributed by atoms with van der Waals surface area (Å²) in [7, 11) is 0. The van der Waals surface area contributed by atoms with E-state index < -0.39 is 0 Å². The van der Waals surface area contributed by atoms with Crippen molar-refractivity contribution in [2.75, 3.05) is 31.1 Å². The average molecular weight is 407 g/mol. The Bertz CT molecular complexity index is 1040. The highest BCUT2D eigenvalue weighted by Crippen LogP contribution is 2.31. The molecule has 2 aromatic carbocycles. The number of piperazine rings is 1. The topological polar surface area (TPSA) is 66.7 Å². The van der Waals surface area contributed by atoms with Crippen molar-refractivity contribution in [2.24, 2.45) is 0 Å². The van der Waals surface area contributed by atoms with Crippen LogP contribution in [0.3, 0.4) is 0 Å². The van der Waals surface area contributed by atoms with Gasteiger partial charge in [0.1, 0.15) is 5.69 Å². The van der Waals surface area contributed by atoms with Crippen LogP contribution in [-0.2, 0) is 0 Å². The van der Waals surface area contributed by atoms with Crippen LogP contribution in [0, 0.1) is 17.0 Å². The molecule has 0 unspecified atom stereocenters. The lowest BCUT2D eigenvalue weighted by Crippen LogP contribution is -2.48. The van der Waals surface area contributed by atoms with Gasteiger partial charge in [-0.1, -0.05) is 42.0 Å². The molecule has 1 aliphatic rings. The number of nitrogens with zero attached hydrogens (tertiary/aromatic N) is 3. The van der Waals surface area contributed by atoms with Gasteiger partial charge in [0.25, 0.3) is 11.6 Å². The Morgan fingerprint density at radius 1 is 1.00 bits per heavy atom. The van der Waals surface area contributed by atoms with Gasteiger partial charge >= 0.3 is 0 Å². The summed E-state index contributed by atoms with van der Waals surface area (Å²) in [5.41, 5.74) is 3.90. The molecule has 2 heterocycles. The van der Waals surface area contributed by atoms with Crippen LogP contribution in [0.4, 0.5) is 11.4 Å². The number of anilines is 1. The lowest BCUT2D eigenvalue weighted by atomic mass is 10.0. The van der Waals surface area contributed by atoms with Crippen molar-refractivity contribution < 1.29 is 9.72 Å². The molecule has 1 amide bonds. The second-order valence-corrected chi connectivity index (χ2v) is 7.97. The SMILES string of the molecule is Cc1ccc(-c2ccsc2C(=O)N2CCN(c3ccccc3[N+](=O)[O-])CC2)cc1. The van der Waals surface area contributed by atoms with Gasteiger partial charge in [-0.05, 0) is 30.0 Å². The predicted molar refractivity (Wildman–Crippen MR) is 116 cm³/mol. The fourth-order valence-electron chi connectivity index (χ4n) is 3.62. The first-order valence-corrected chi connectivity index (χ1v) is 10.3. The maximum atomic E-state index is 13.1. The number of para-hydroxylation sites is 2. The van der Waals surface area contributed by atoms with Gasteiger partial charge in [0, 0.05) is 37.8 Å². The number of hydrogen-bond donors (Lipinski definition) is 0. The van der Waals surface area contributed by atoms with Crippen LogP contribution in [0.5, 0.6) is 0 Å². The van der Waals surface area contributed by atoms with Gasteiger partial charge < -0.3 is 9.80 Å². The van der Waals surface area contributed by atoms with Crippen molar-refractivity contribution in [1.82, 2.24) is 4.90 Å². The van der Waals surface area contributed by atoms with Crippen molar-refractivity contribution in [3.8, 4) is 11.1 Å². The maximum absolute atomic E-state index is 13.1. The third kappa shape index (κ3) is 3.86. The molecular formula is C22H21N3O3S. The molecule has 0 radical (unpaired) electrons. The predicted octanol–water partition coefficient (Wildman–Crippen LogP) is 4.59. The maximum Gasteiger partial charge on any atom is 0.292 e. The van der Waals surface area contributed by atoms with Crippen LogP contribution >= 0.6 is 11.3 Å². The number of amides is 1. The Balaban J connectivity index is 1.49. The van der Waals surface area contributed by atoms with E-state index in [1.165, 1.54) is 23.0 Å². The third-order valence-electron chi connectivity index (χ3n) is 5.21. The highest BCUT2D eigenvalue weighted by molar-refractivity contribution is 7.12. The molecule has 0 spiro atoms. The van der Waals surface area contributed by atoms with E-state index in [1.807, 2.05) is 52.4 Å². The smallest absolute Gasteiger partial charge is 0.292 e. The molecule has 148 valence electrons. The lowest BCUT2D eigenvalue weighted by Gasteiger charge is -2.35. The van der Waals surface area contributed by atoms with E-state index in [0.29, 0.717) is 31.9 Å². The fourth-order valence-corrected chi connectivity index (χ4v) is 4.50. The van der Waals surface area contributed by atoms with Gasteiger partial charge in [-0.15, -0.1) is 11.3 Å². The first-order chi connectivity index (χ1) is 14.0. The van der Waals surface area contributed by atoms with Gasteiger partial charge in [0.05, 0.1) is 9.80 Å². The van der Waals surface area contributed by atoms with Crippen molar-refractivity contribution in [3.05, 3.63) is 80.5 Å². The summed E-state index contributed by atoms with van der Waals surface area (Å²) in [6.07, 6.45) is 0. The second-order valence-electron chi connectivity index (χ2n) is 7.05. The monoisotopic (exact) mass is 407 g/mol. The van der Waals surface area contributed by atoms with E-state index in [0.717, 1.165) is 16.0 Å². The molecule has 1 aliphatic heterocycles. The highest BCUT2D eigenvalue weighted by atomic mass is 32.1. The fraction of sp³-hybridized carbons (Fsp3) is 0.227. The normalized spacial score (nSPS) is 14.1. The number of nitro benzene ring substituents is 1. The largest absolute Gasteiger partial charge is 0.362 e. The summed E-state index contributed by atoms with van der Waals surface area (Å²) in [5, 5.41) is 13.3. The molecule has 7 heteroatoms. The number of thiophene rings is 1. The molecule has 3 aromatic rings. The number of aryl methyl sites for hydroxylation is 1. The Hall–Kier alpha value is -3.19. The lowest BCUT2D eigenvalue weighted by molar-refractivity contribution is -0.384. The summed E-state index contributed by atoms with van der Waals surface area (Å²) >= 11 is 1.46. The number of hydrogen-bond acceptors (Lipinski definition) is 5.